The molecule has 0 radical (unpaired) electrons. The Labute approximate surface area is 72.5 Å². The number of aliphatic hydroxyl groups is 2. The summed E-state index contributed by atoms with van der Waals surface area (Å²) < 4.78 is 3.83. The number of ether oxygens (including phenoxy) is 1. The largest absolute Gasteiger partial charge is 0.479 e. The Kier molecular flexibility index (Phi) is 4.02. The van der Waals surface area contributed by atoms with Crippen molar-refractivity contribution in [1.29, 1.82) is 0 Å². The third kappa shape index (κ3) is 3.63. The number of aliphatic carboxylic acids is 1. The van der Waals surface area contributed by atoms with Crippen LogP contribution in [0.1, 0.15) is 6.92 Å². The highest BCUT2D eigenvalue weighted by atomic mass is 16.6. The molecule has 0 bridgehead atoms. The van der Waals surface area contributed by atoms with E-state index >= 15 is 0 Å². The molecule has 0 heterocycles. The van der Waals surface area contributed by atoms with Crippen molar-refractivity contribution in [3.8, 4) is 0 Å². The van der Waals surface area contributed by atoms with Gasteiger partial charge in [-0.1, -0.05) is 0 Å². The molecule has 3 N–H and O–H groups in total. The maximum absolute atomic E-state index is 10.6. The van der Waals surface area contributed by atoms with Crippen molar-refractivity contribution in [2.75, 3.05) is 0 Å². The van der Waals surface area contributed by atoms with Crippen LogP contribution in [0.2, 0.25) is 0 Å². The molecular weight excluding hydrogens is 184 g/mol. The second kappa shape index (κ2) is 4.53. The van der Waals surface area contributed by atoms with E-state index in [2.05, 4.69) is 4.74 Å². The molecule has 0 aliphatic carbocycles. The summed E-state index contributed by atoms with van der Waals surface area (Å²) in [6, 6.07) is 0. The van der Waals surface area contributed by atoms with Gasteiger partial charge in [-0.3, -0.25) is 4.79 Å². The zero-order chi connectivity index (χ0) is 10.6. The quantitative estimate of drug-likeness (QED) is 0.345. The topological polar surface area (TPSA) is 121 Å². The molecule has 0 amide bonds. The minimum atomic E-state index is -2.30. The number of hydrogen-bond acceptors (Lipinski definition) is 6. The van der Waals surface area contributed by atoms with E-state index in [1.54, 1.807) is 0 Å². The van der Waals surface area contributed by atoms with E-state index in [1.165, 1.54) is 0 Å². The number of carboxylic acid groups (broad SMARTS) is 1. The van der Waals surface area contributed by atoms with Gasteiger partial charge in [-0.15, -0.1) is 0 Å². The van der Waals surface area contributed by atoms with Crippen LogP contribution in [0, 0.1) is 0 Å². The molecule has 0 aromatic rings. The first-order valence-electron chi connectivity index (χ1n) is 3.17. The third-order valence-corrected chi connectivity index (χ3v) is 1.04. The highest BCUT2D eigenvalue weighted by Crippen LogP contribution is 1.97. The van der Waals surface area contributed by atoms with Crippen molar-refractivity contribution in [2.24, 2.45) is 0 Å². The normalized spacial score (nSPS) is 14.4. The molecule has 2 atom stereocenters. The molecule has 0 aromatic heterocycles. The second-order valence-corrected chi connectivity index (χ2v) is 2.14. The average Bonchev–Trinajstić information content (AvgIpc) is 2.00. The van der Waals surface area contributed by atoms with Crippen molar-refractivity contribution in [3.63, 3.8) is 0 Å². The monoisotopic (exact) mass is 192 g/mol. The summed E-state index contributed by atoms with van der Waals surface area (Å²) in [6.07, 6.45) is -4.56. The number of hydrogen-bond donors (Lipinski definition) is 3. The molecule has 0 aliphatic heterocycles. The van der Waals surface area contributed by atoms with Crippen LogP contribution in [0.25, 0.3) is 0 Å². The fourth-order valence-corrected chi connectivity index (χ4v) is 0.466. The van der Waals surface area contributed by atoms with Gasteiger partial charge in [0.1, 0.15) is 0 Å². The predicted octanol–water partition coefficient (Wildman–Crippen LogP) is -2.12. The molecule has 0 fully saturated rings. The van der Waals surface area contributed by atoms with Gasteiger partial charge in [-0.2, -0.15) is 0 Å². The van der Waals surface area contributed by atoms with Crippen molar-refractivity contribution < 1.29 is 34.4 Å². The predicted molar refractivity (Wildman–Crippen MR) is 36.4 cm³/mol. The summed E-state index contributed by atoms with van der Waals surface area (Å²) in [5, 5.41) is 25.5. The van der Waals surface area contributed by atoms with Crippen LogP contribution >= 0.6 is 0 Å². The highest BCUT2D eigenvalue weighted by Gasteiger charge is 2.32. The Morgan fingerprint density at radius 1 is 1.15 bits per heavy atom. The van der Waals surface area contributed by atoms with Crippen molar-refractivity contribution in [1.82, 2.24) is 0 Å². The molecule has 2 unspecified atom stereocenters. The molecule has 0 rings (SSSR count). The smallest absolute Gasteiger partial charge is 0.345 e. The van der Waals surface area contributed by atoms with Crippen LogP contribution in [-0.4, -0.2) is 45.4 Å². The van der Waals surface area contributed by atoms with E-state index < -0.39 is 30.1 Å². The maximum Gasteiger partial charge on any atom is 0.345 e. The van der Waals surface area contributed by atoms with Crippen molar-refractivity contribution in [2.45, 2.75) is 19.1 Å². The summed E-state index contributed by atoms with van der Waals surface area (Å²) >= 11 is 0. The van der Waals surface area contributed by atoms with E-state index in [0.29, 0.717) is 0 Å². The van der Waals surface area contributed by atoms with E-state index in [1.807, 2.05) is 0 Å². The van der Waals surface area contributed by atoms with E-state index in [0.717, 1.165) is 6.92 Å². The first kappa shape index (κ1) is 11.5. The molecule has 7 heteroatoms. The molecule has 7 nitrogen and oxygen atoms in total. The molecule has 0 saturated carbocycles. The minimum absolute atomic E-state index is 0.901. The zero-order valence-corrected chi connectivity index (χ0v) is 6.63. The van der Waals surface area contributed by atoms with Crippen LogP contribution in [0.15, 0.2) is 0 Å². The van der Waals surface area contributed by atoms with Gasteiger partial charge in [0, 0.05) is 6.92 Å². The van der Waals surface area contributed by atoms with Crippen molar-refractivity contribution in [3.05, 3.63) is 0 Å². The number of rotatable bonds is 3. The molecule has 0 aromatic carbocycles. The second-order valence-electron chi connectivity index (χ2n) is 2.14. The van der Waals surface area contributed by atoms with E-state index in [9.17, 15) is 14.4 Å². The lowest BCUT2D eigenvalue weighted by Crippen LogP contribution is -2.41. The molecule has 74 valence electrons. The van der Waals surface area contributed by atoms with Gasteiger partial charge in [0.2, 0.25) is 0 Å². The van der Waals surface area contributed by atoms with Gasteiger partial charge in [-0.25, -0.2) is 9.59 Å². The number of carbonyl (C=O) groups excluding carboxylic acids is 2. The van der Waals surface area contributed by atoms with Crippen LogP contribution < -0.4 is 0 Å². The van der Waals surface area contributed by atoms with Crippen LogP contribution in [0.5, 0.6) is 0 Å². The molecule has 13 heavy (non-hydrogen) atoms. The summed E-state index contributed by atoms with van der Waals surface area (Å²) in [5.41, 5.74) is 0. The highest BCUT2D eigenvalue weighted by molar-refractivity contribution is 5.90. The van der Waals surface area contributed by atoms with Gasteiger partial charge in [0.25, 0.3) is 0 Å². The lowest BCUT2D eigenvalue weighted by Gasteiger charge is -2.10. The van der Waals surface area contributed by atoms with Crippen LogP contribution in [0.3, 0.4) is 0 Å². The lowest BCUT2D eigenvalue weighted by molar-refractivity contribution is -0.174. The first-order chi connectivity index (χ1) is 5.86. The van der Waals surface area contributed by atoms with Gasteiger partial charge in [-0.05, 0) is 0 Å². The maximum atomic E-state index is 10.6. The van der Waals surface area contributed by atoms with Gasteiger partial charge in [0.05, 0.1) is 0 Å². The van der Waals surface area contributed by atoms with E-state index in [-0.39, 0.29) is 0 Å². The van der Waals surface area contributed by atoms with Crippen LogP contribution in [0.4, 0.5) is 0 Å². The minimum Gasteiger partial charge on any atom is -0.479 e. The van der Waals surface area contributed by atoms with Crippen molar-refractivity contribution >= 4 is 17.9 Å². The summed E-state index contributed by atoms with van der Waals surface area (Å²) in [7, 11) is 0. The first-order valence-corrected chi connectivity index (χ1v) is 3.17. The lowest BCUT2D eigenvalue weighted by atomic mass is 10.2. The number of carboxylic acids is 1. The van der Waals surface area contributed by atoms with Gasteiger partial charge < -0.3 is 20.1 Å². The fourth-order valence-electron chi connectivity index (χ4n) is 0.466. The molecule has 0 saturated heterocycles. The number of carbonyl (C=O) groups is 3. The van der Waals surface area contributed by atoms with Gasteiger partial charge >= 0.3 is 17.9 Å². The fraction of sp³-hybridized carbons (Fsp3) is 0.500. The summed E-state index contributed by atoms with van der Waals surface area (Å²) in [4.78, 5) is 30.8. The average molecular weight is 192 g/mol. The van der Waals surface area contributed by atoms with Gasteiger partial charge in [0.15, 0.2) is 12.2 Å². The SMILES string of the molecule is CC(=O)OC(=O)C(O)C(O)C(=O)O. The molecular formula is C6H8O7. The Hall–Kier alpha value is -1.47. The Morgan fingerprint density at radius 3 is 1.92 bits per heavy atom. The molecule has 0 aliphatic rings. The Bertz CT molecular complexity index is 233. The summed E-state index contributed by atoms with van der Waals surface area (Å²) in [6.45, 7) is 0.901. The number of esters is 2. The Morgan fingerprint density at radius 2 is 1.62 bits per heavy atom. The van der Waals surface area contributed by atoms with Crippen LogP contribution in [-0.2, 0) is 19.1 Å². The number of aliphatic hydroxyl groups excluding tert-OH is 2. The third-order valence-electron chi connectivity index (χ3n) is 1.04. The molecule has 0 spiro atoms. The standard InChI is InChI=1S/C6H8O7/c1-2(7)13-6(12)4(9)3(8)5(10)11/h3-4,8-9H,1H3,(H,10,11). The van der Waals surface area contributed by atoms with E-state index in [4.69, 9.17) is 15.3 Å². The summed E-state index contributed by atoms with van der Waals surface area (Å²) in [5.74, 6) is -4.28. The zero-order valence-electron chi connectivity index (χ0n) is 6.63. The Balaban J connectivity index is 4.25.